The molecule has 0 radical (unpaired) electrons. The zero-order valence-corrected chi connectivity index (χ0v) is 30.6. The maximum Gasteiger partial charge on any atom is -1.00 e. The van der Waals surface area contributed by atoms with Crippen LogP contribution in [0.15, 0.2) is 96.1 Å². The Hall–Kier alpha value is -2.18. The Balaban J connectivity index is 0.00000192. The molecule has 0 bridgehead atoms. The molecule has 3 heteroatoms. The summed E-state index contributed by atoms with van der Waals surface area (Å²) in [5, 5.41) is 0. The zero-order chi connectivity index (χ0) is 28.8. The number of aryl methyl sites for hydroxylation is 2. The Morgan fingerprint density at radius 1 is 0.568 bits per heavy atom. The van der Waals surface area contributed by atoms with E-state index < -0.39 is 20.3 Å². The van der Waals surface area contributed by atoms with Gasteiger partial charge in [0.25, 0.3) is 0 Å². The van der Waals surface area contributed by atoms with Crippen LogP contribution >= 0.6 is 0 Å². The number of hydrogen-bond donors (Lipinski definition) is 0. The molecule has 44 heavy (non-hydrogen) atoms. The minimum Gasteiger partial charge on any atom is -1.00 e. The molecule has 0 saturated carbocycles. The van der Waals surface area contributed by atoms with Crippen LogP contribution in [0.4, 0.5) is 0 Å². The molecule has 1 heterocycles. The molecule has 1 aliphatic heterocycles. The monoisotopic (exact) mass is 696 g/mol. The summed E-state index contributed by atoms with van der Waals surface area (Å²) >= 11 is -2.74. The Morgan fingerprint density at radius 2 is 0.977 bits per heavy atom. The molecule has 226 valence electrons. The minimum absolute atomic E-state index is 0. The van der Waals surface area contributed by atoms with Crippen molar-refractivity contribution < 1.29 is 45.1 Å². The van der Waals surface area contributed by atoms with Gasteiger partial charge in [0.05, 0.1) is 0 Å². The Morgan fingerprint density at radius 3 is 1.32 bits per heavy atom. The third-order valence-corrected chi connectivity index (χ3v) is 26.3. The van der Waals surface area contributed by atoms with E-state index in [-0.39, 0.29) is 24.8 Å². The summed E-state index contributed by atoms with van der Waals surface area (Å²) in [5.74, 6) is 0. The predicted octanol–water partition coefficient (Wildman–Crippen LogP) is 5.94. The van der Waals surface area contributed by atoms with Crippen molar-refractivity contribution >= 4 is 12.2 Å². The van der Waals surface area contributed by atoms with Crippen molar-refractivity contribution in [1.82, 2.24) is 0 Å². The van der Waals surface area contributed by atoms with Gasteiger partial charge in [0.1, 0.15) is 0 Å². The van der Waals surface area contributed by atoms with Crippen LogP contribution in [0, 0.1) is 0 Å². The summed E-state index contributed by atoms with van der Waals surface area (Å²) < 4.78 is 4.37. The first-order valence-corrected chi connectivity index (χ1v) is 22.7. The first-order chi connectivity index (χ1) is 20.5. The van der Waals surface area contributed by atoms with Gasteiger partial charge < -0.3 is 24.8 Å². The van der Waals surface area contributed by atoms with Crippen LogP contribution in [0.2, 0.25) is 8.26 Å². The maximum absolute atomic E-state index is 2.74. The normalized spacial score (nSPS) is 18.4. The van der Waals surface area contributed by atoms with Crippen molar-refractivity contribution in [2.75, 3.05) is 0 Å². The maximum atomic E-state index is 2.58. The molecule has 1 fully saturated rings. The number of benzene rings is 4. The van der Waals surface area contributed by atoms with Gasteiger partial charge in [-0.15, -0.1) is 0 Å². The smallest absolute Gasteiger partial charge is 1.00 e. The Labute approximate surface area is 282 Å². The quantitative estimate of drug-likeness (QED) is 0.214. The van der Waals surface area contributed by atoms with Crippen LogP contribution < -0.4 is 24.8 Å². The molecule has 2 aliphatic carbocycles. The van der Waals surface area contributed by atoms with E-state index in [0.717, 1.165) is 12.8 Å². The molecule has 4 aromatic carbocycles. The van der Waals surface area contributed by atoms with Crippen molar-refractivity contribution in [3.63, 3.8) is 0 Å². The van der Waals surface area contributed by atoms with Gasteiger partial charge in [-0.05, 0) is 0 Å². The number of allylic oxidation sites excluding steroid dienone is 2. The zero-order valence-electron chi connectivity index (χ0n) is 26.6. The number of halogens is 2. The van der Waals surface area contributed by atoms with Crippen molar-refractivity contribution in [1.29, 1.82) is 0 Å². The summed E-state index contributed by atoms with van der Waals surface area (Å²) in [6, 6.07) is 33.2. The SMILES string of the molecule is CCCc1ccc(-c2cccc3c2C=C(C)[CH]3[Zr+2]2([CH]3C(C)=Cc4c(-c5ccc(CCC)cc5)cccc43)[CH2]C[CH2]2)cc1.[Cl-].[Cl-]. The average molecular weight is 699 g/mol. The van der Waals surface area contributed by atoms with E-state index in [9.17, 15) is 0 Å². The van der Waals surface area contributed by atoms with Gasteiger partial charge in [-0.25, -0.2) is 0 Å². The number of fused-ring (bicyclic) bond motifs is 2. The van der Waals surface area contributed by atoms with E-state index in [1.807, 2.05) is 0 Å². The van der Waals surface area contributed by atoms with Crippen LogP contribution in [-0.4, -0.2) is 0 Å². The van der Waals surface area contributed by atoms with Crippen LogP contribution in [0.1, 0.15) is 87.6 Å². The Kier molecular flexibility index (Phi) is 10.3. The second-order valence-corrected chi connectivity index (χ2v) is 24.6. The fourth-order valence-electron chi connectivity index (χ4n) is 8.74. The standard InChI is InChI=1S/2C19H19.C3H6.2ClH.Zr/c2*1-3-5-15-8-10-16(11-9-15)18-7-4-6-17-12-14(2)13-19(17)18;1-3-2;;;/h2*4,6-13H,3,5H2,1-2H3;1-3H2;2*1H;/q;;;;;+2/p-2. The van der Waals surface area contributed by atoms with E-state index >= 15 is 0 Å². The molecular formula is C41H44Cl2Zr. The third-order valence-electron chi connectivity index (χ3n) is 10.6. The molecule has 4 aromatic rings. The van der Waals surface area contributed by atoms with Crippen LogP contribution in [-0.2, 0) is 33.1 Å². The second kappa shape index (κ2) is 13.7. The molecule has 2 unspecified atom stereocenters. The number of rotatable bonds is 8. The van der Waals surface area contributed by atoms with Crippen molar-refractivity contribution in [3.8, 4) is 22.3 Å². The van der Waals surface area contributed by atoms with E-state index in [1.165, 1.54) is 72.0 Å². The van der Waals surface area contributed by atoms with E-state index in [1.54, 1.807) is 22.3 Å². The van der Waals surface area contributed by atoms with Gasteiger partial charge in [0.2, 0.25) is 0 Å². The van der Waals surface area contributed by atoms with Gasteiger partial charge in [0.15, 0.2) is 0 Å². The molecule has 0 aromatic heterocycles. The van der Waals surface area contributed by atoms with Gasteiger partial charge >= 0.3 is 259 Å². The first kappa shape index (κ1) is 33.2. The fourth-order valence-corrected chi connectivity index (χ4v) is 24.4. The van der Waals surface area contributed by atoms with Crippen molar-refractivity contribution in [2.24, 2.45) is 0 Å². The topological polar surface area (TPSA) is 0 Å². The largest absolute Gasteiger partial charge is 1.00 e. The summed E-state index contributed by atoms with van der Waals surface area (Å²) in [7, 11) is 0. The number of hydrogen-bond acceptors (Lipinski definition) is 0. The molecule has 7 rings (SSSR count). The molecule has 3 aliphatic rings. The van der Waals surface area contributed by atoms with Gasteiger partial charge in [-0.2, -0.15) is 0 Å². The molecule has 0 spiro atoms. The molecule has 0 N–H and O–H groups in total. The molecular weight excluding hydrogens is 655 g/mol. The molecule has 0 nitrogen and oxygen atoms in total. The van der Waals surface area contributed by atoms with Crippen LogP contribution in [0.3, 0.4) is 0 Å². The van der Waals surface area contributed by atoms with E-state index in [0.29, 0.717) is 7.25 Å². The third kappa shape index (κ3) is 5.57. The summed E-state index contributed by atoms with van der Waals surface area (Å²) in [6.45, 7) is 9.44. The minimum atomic E-state index is -2.74. The summed E-state index contributed by atoms with van der Waals surface area (Å²) in [6.07, 6.45) is 11.3. The summed E-state index contributed by atoms with van der Waals surface area (Å²) in [5.41, 5.74) is 18.0. The van der Waals surface area contributed by atoms with Crippen molar-refractivity contribution in [3.05, 3.63) is 129 Å². The van der Waals surface area contributed by atoms with E-state index in [4.69, 9.17) is 0 Å². The summed E-state index contributed by atoms with van der Waals surface area (Å²) in [4.78, 5) is 0. The molecule has 2 atom stereocenters. The van der Waals surface area contributed by atoms with Gasteiger partial charge in [0, 0.05) is 0 Å². The average Bonchev–Trinajstić information content (AvgIpc) is 3.50. The molecule has 0 amide bonds. The first-order valence-electron chi connectivity index (χ1n) is 16.3. The van der Waals surface area contributed by atoms with Gasteiger partial charge in [-0.3, -0.25) is 0 Å². The van der Waals surface area contributed by atoms with Crippen LogP contribution in [0.5, 0.6) is 0 Å². The molecule has 1 saturated heterocycles. The van der Waals surface area contributed by atoms with E-state index in [2.05, 4.69) is 125 Å². The van der Waals surface area contributed by atoms with Gasteiger partial charge in [-0.1, -0.05) is 0 Å². The van der Waals surface area contributed by atoms with Crippen LogP contribution in [0.25, 0.3) is 34.4 Å². The predicted molar refractivity (Wildman–Crippen MR) is 179 cm³/mol. The fraction of sp³-hybridized carbons (Fsp3) is 0.317. The van der Waals surface area contributed by atoms with Crippen molar-refractivity contribution in [2.45, 2.75) is 75.3 Å². The Bertz CT molecular complexity index is 1570. The second-order valence-electron chi connectivity index (χ2n) is 13.2.